The Kier molecular flexibility index (Phi) is 6.70. The molecule has 0 radical (unpaired) electrons. The van der Waals surface area contributed by atoms with Crippen LogP contribution in [0.4, 0.5) is 0 Å². The molecule has 7 heteroatoms. The number of methoxy groups -OCH3 is 1. The molecule has 1 fully saturated rings. The molecular formula is C26H29NO6. The lowest BCUT2D eigenvalue weighted by molar-refractivity contribution is -0.150. The molecule has 1 unspecified atom stereocenters. The number of piperidine rings is 1. The molecule has 0 saturated carbocycles. The van der Waals surface area contributed by atoms with Crippen molar-refractivity contribution in [2.45, 2.75) is 33.2 Å². The van der Waals surface area contributed by atoms with Crippen LogP contribution in [-0.4, -0.2) is 42.8 Å². The number of phenolic OH excluding ortho intramolecular Hbond substituents is 1. The van der Waals surface area contributed by atoms with Crippen LogP contribution >= 0.6 is 0 Å². The zero-order chi connectivity index (χ0) is 23.5. The number of hydrogen-bond donors (Lipinski definition) is 1. The normalized spacial score (nSPS) is 16.6. The summed E-state index contributed by atoms with van der Waals surface area (Å²) in [6.45, 7) is 5.60. The van der Waals surface area contributed by atoms with Crippen LogP contribution in [0, 0.1) is 12.8 Å². The summed E-state index contributed by atoms with van der Waals surface area (Å²) < 4.78 is 16.8. The molecule has 0 spiro atoms. The first-order chi connectivity index (χ1) is 15.9. The summed E-state index contributed by atoms with van der Waals surface area (Å²) in [7, 11) is 1.56. The molecule has 1 aliphatic rings. The number of aryl methyl sites for hydroxylation is 1. The van der Waals surface area contributed by atoms with Gasteiger partial charge in [-0.3, -0.25) is 14.5 Å². The maximum atomic E-state index is 13.5. The highest BCUT2D eigenvalue weighted by atomic mass is 16.5. The van der Waals surface area contributed by atoms with Crippen LogP contribution in [-0.2, 0) is 16.1 Å². The van der Waals surface area contributed by atoms with E-state index in [1.54, 1.807) is 33.1 Å². The predicted octanol–water partition coefficient (Wildman–Crippen LogP) is 4.26. The van der Waals surface area contributed by atoms with Crippen molar-refractivity contribution in [1.29, 1.82) is 0 Å². The van der Waals surface area contributed by atoms with Crippen molar-refractivity contribution in [3.05, 3.63) is 57.9 Å². The Morgan fingerprint density at radius 3 is 2.79 bits per heavy atom. The van der Waals surface area contributed by atoms with Crippen LogP contribution in [0.15, 0.2) is 45.6 Å². The molecule has 0 amide bonds. The molecule has 1 saturated heterocycles. The van der Waals surface area contributed by atoms with Crippen LogP contribution in [0.5, 0.6) is 11.5 Å². The van der Waals surface area contributed by atoms with Crippen LogP contribution in [0.2, 0.25) is 0 Å². The number of nitrogens with zero attached hydrogens (tertiary/aromatic N) is 1. The summed E-state index contributed by atoms with van der Waals surface area (Å²) in [5, 5.41) is 11.0. The van der Waals surface area contributed by atoms with Crippen molar-refractivity contribution >= 4 is 16.9 Å². The topological polar surface area (TPSA) is 89.2 Å². The molecular weight excluding hydrogens is 422 g/mol. The summed E-state index contributed by atoms with van der Waals surface area (Å²) in [6, 6.07) is 10.4. The van der Waals surface area contributed by atoms with Crippen LogP contribution < -0.4 is 10.2 Å². The van der Waals surface area contributed by atoms with Gasteiger partial charge in [0.15, 0.2) is 0 Å². The number of benzene rings is 2. The molecule has 0 bridgehead atoms. The van der Waals surface area contributed by atoms with Crippen LogP contribution in [0.25, 0.3) is 22.1 Å². The van der Waals surface area contributed by atoms with Crippen molar-refractivity contribution in [3.63, 3.8) is 0 Å². The second-order valence-electron chi connectivity index (χ2n) is 8.33. The SMILES string of the molecule is CCOC(=O)C1CCCN(Cc2c(O)ccc3c(=O)c(-c4ccccc4OC)c(C)oc23)C1. The number of fused-ring (bicyclic) bond motifs is 1. The minimum absolute atomic E-state index is 0.0633. The third-order valence-corrected chi connectivity index (χ3v) is 6.20. The van der Waals surface area contributed by atoms with E-state index in [-0.39, 0.29) is 23.1 Å². The summed E-state index contributed by atoms with van der Waals surface area (Å²) in [6.07, 6.45) is 1.64. The monoisotopic (exact) mass is 451 g/mol. The molecule has 3 aromatic rings. The molecule has 1 aliphatic heterocycles. The van der Waals surface area contributed by atoms with E-state index in [1.807, 2.05) is 18.2 Å². The van der Waals surface area contributed by atoms with Crippen molar-refractivity contribution in [3.8, 4) is 22.6 Å². The maximum absolute atomic E-state index is 13.5. The highest BCUT2D eigenvalue weighted by Crippen LogP contribution is 2.35. The number of phenols is 1. The summed E-state index contributed by atoms with van der Waals surface area (Å²) in [5.74, 6) is 0.722. The van der Waals surface area contributed by atoms with Crippen molar-refractivity contribution in [1.82, 2.24) is 4.90 Å². The van der Waals surface area contributed by atoms with Crippen molar-refractivity contribution in [2.75, 3.05) is 26.8 Å². The molecule has 2 aromatic carbocycles. The van der Waals surface area contributed by atoms with Gasteiger partial charge in [0, 0.05) is 18.7 Å². The average molecular weight is 452 g/mol. The van der Waals surface area contributed by atoms with Gasteiger partial charge in [-0.25, -0.2) is 0 Å². The van der Waals surface area contributed by atoms with Crippen LogP contribution in [0.3, 0.4) is 0 Å². The molecule has 1 aromatic heterocycles. The highest BCUT2D eigenvalue weighted by molar-refractivity contribution is 5.87. The smallest absolute Gasteiger partial charge is 0.310 e. The van der Waals surface area contributed by atoms with Gasteiger partial charge in [0.25, 0.3) is 0 Å². The van der Waals surface area contributed by atoms with Gasteiger partial charge in [-0.15, -0.1) is 0 Å². The van der Waals surface area contributed by atoms with Gasteiger partial charge < -0.3 is 19.0 Å². The molecule has 2 heterocycles. The molecule has 0 aliphatic carbocycles. The number of carbonyl (C=O) groups excluding carboxylic acids is 1. The fraction of sp³-hybridized carbons (Fsp3) is 0.385. The number of para-hydroxylation sites is 1. The number of ether oxygens (including phenoxy) is 2. The largest absolute Gasteiger partial charge is 0.507 e. The molecule has 33 heavy (non-hydrogen) atoms. The van der Waals surface area contributed by atoms with Crippen LogP contribution in [0.1, 0.15) is 31.1 Å². The second-order valence-corrected chi connectivity index (χ2v) is 8.33. The fourth-order valence-corrected chi connectivity index (χ4v) is 4.60. The Labute approximate surface area is 192 Å². The summed E-state index contributed by atoms with van der Waals surface area (Å²) >= 11 is 0. The molecule has 1 N–H and O–H groups in total. The highest BCUT2D eigenvalue weighted by Gasteiger charge is 2.28. The summed E-state index contributed by atoms with van der Waals surface area (Å²) in [4.78, 5) is 27.8. The van der Waals surface area contributed by atoms with Crippen molar-refractivity contribution < 1.29 is 23.8 Å². The Hall–Kier alpha value is -3.32. The average Bonchev–Trinajstić information content (AvgIpc) is 2.81. The molecule has 4 rings (SSSR count). The van der Waals surface area contributed by atoms with Gasteiger partial charge in [-0.1, -0.05) is 18.2 Å². The fourth-order valence-electron chi connectivity index (χ4n) is 4.60. The Morgan fingerprint density at radius 1 is 1.24 bits per heavy atom. The number of likely N-dealkylation sites (tertiary alicyclic amines) is 1. The number of esters is 1. The molecule has 174 valence electrons. The standard InChI is InChI=1S/C26H29NO6/c1-4-32-26(30)17-8-7-13-27(14-17)15-20-21(28)12-11-19-24(29)23(16(2)33-25(19)20)18-9-5-6-10-22(18)31-3/h5-6,9-12,17,28H,4,7-8,13-15H2,1-3H3. The van der Waals surface area contributed by atoms with Gasteiger partial charge in [0.1, 0.15) is 22.8 Å². The number of aromatic hydroxyl groups is 1. The van der Waals surface area contributed by atoms with Gasteiger partial charge in [-0.2, -0.15) is 0 Å². The van der Waals surface area contributed by atoms with E-state index >= 15 is 0 Å². The lowest BCUT2D eigenvalue weighted by Crippen LogP contribution is -2.39. The first-order valence-electron chi connectivity index (χ1n) is 11.2. The first-order valence-corrected chi connectivity index (χ1v) is 11.2. The number of rotatable bonds is 6. The summed E-state index contributed by atoms with van der Waals surface area (Å²) in [5.41, 5.74) is 1.84. The number of carbonyl (C=O) groups is 1. The zero-order valence-electron chi connectivity index (χ0n) is 19.2. The second kappa shape index (κ2) is 9.67. The predicted molar refractivity (Wildman–Crippen MR) is 126 cm³/mol. The zero-order valence-corrected chi connectivity index (χ0v) is 19.2. The van der Waals surface area contributed by atoms with Gasteiger partial charge in [0.05, 0.1) is 36.1 Å². The maximum Gasteiger partial charge on any atom is 0.310 e. The minimum Gasteiger partial charge on any atom is -0.507 e. The van der Waals surface area contributed by atoms with E-state index in [9.17, 15) is 14.7 Å². The van der Waals surface area contributed by atoms with E-state index in [0.29, 0.717) is 58.9 Å². The van der Waals surface area contributed by atoms with E-state index in [4.69, 9.17) is 13.9 Å². The van der Waals surface area contributed by atoms with Gasteiger partial charge in [0.2, 0.25) is 5.43 Å². The van der Waals surface area contributed by atoms with Gasteiger partial charge in [-0.05, 0) is 51.4 Å². The van der Waals surface area contributed by atoms with Crippen molar-refractivity contribution in [2.24, 2.45) is 5.92 Å². The van der Waals surface area contributed by atoms with E-state index < -0.39 is 0 Å². The number of hydrogen-bond acceptors (Lipinski definition) is 7. The minimum atomic E-state index is -0.193. The Bertz CT molecular complexity index is 1230. The Balaban J connectivity index is 1.74. The van der Waals surface area contributed by atoms with E-state index in [1.165, 1.54) is 6.07 Å². The van der Waals surface area contributed by atoms with E-state index in [0.717, 1.165) is 19.4 Å². The molecule has 7 nitrogen and oxygen atoms in total. The van der Waals surface area contributed by atoms with E-state index in [2.05, 4.69) is 4.90 Å². The Morgan fingerprint density at radius 2 is 2.03 bits per heavy atom. The quantitative estimate of drug-likeness (QED) is 0.560. The lowest BCUT2D eigenvalue weighted by Gasteiger charge is -2.31. The third kappa shape index (κ3) is 4.46. The van der Waals surface area contributed by atoms with Gasteiger partial charge >= 0.3 is 5.97 Å². The lowest BCUT2D eigenvalue weighted by atomic mass is 9.97. The third-order valence-electron chi connectivity index (χ3n) is 6.20. The molecule has 1 atom stereocenters. The first kappa shape index (κ1) is 22.9.